The molecule has 1 heterocycles. The van der Waals surface area contributed by atoms with Crippen molar-refractivity contribution in [2.24, 2.45) is 0 Å². The Morgan fingerprint density at radius 2 is 1.59 bits per heavy atom. The highest BCUT2D eigenvalue weighted by atomic mass is 32.2. The molecule has 3 rings (SSSR count). The molecule has 0 atom stereocenters. The Balaban J connectivity index is 2.11. The molecule has 0 unspecified atom stereocenters. The predicted octanol–water partition coefficient (Wildman–Crippen LogP) is 2.47. The molecule has 0 saturated carbocycles. The fourth-order valence-electron chi connectivity index (χ4n) is 2.51. The van der Waals surface area contributed by atoms with Crippen molar-refractivity contribution in [3.8, 4) is 0 Å². The number of benzene rings is 2. The third-order valence-electron chi connectivity index (χ3n) is 4.18. The largest absolute Gasteiger partial charge is 0.349 e. The molecule has 2 aromatic carbocycles. The molecule has 0 saturated heterocycles. The van der Waals surface area contributed by atoms with Gasteiger partial charge in [-0.2, -0.15) is 3.97 Å². The Morgan fingerprint density at radius 1 is 0.963 bits per heavy atom. The Kier molecular flexibility index (Phi) is 4.56. The molecule has 0 N–H and O–H groups in total. The van der Waals surface area contributed by atoms with Crippen LogP contribution < -0.4 is 5.69 Å². The van der Waals surface area contributed by atoms with E-state index in [0.717, 1.165) is 36.2 Å². The van der Waals surface area contributed by atoms with Gasteiger partial charge in [-0.15, -0.1) is 0 Å². The number of carbonyl (C=O) groups is 1. The van der Waals surface area contributed by atoms with Crippen LogP contribution in [0.2, 0.25) is 0 Å². The second kappa shape index (κ2) is 6.58. The highest BCUT2D eigenvalue weighted by Crippen LogP contribution is 2.17. The summed E-state index contributed by atoms with van der Waals surface area (Å²) >= 11 is 0. The van der Waals surface area contributed by atoms with E-state index in [2.05, 4.69) is 0 Å². The number of imidazole rings is 1. The summed E-state index contributed by atoms with van der Waals surface area (Å²) in [7, 11) is -4.28. The summed E-state index contributed by atoms with van der Waals surface area (Å²) in [4.78, 5) is 24.7. The van der Waals surface area contributed by atoms with E-state index in [9.17, 15) is 26.8 Å². The van der Waals surface area contributed by atoms with Gasteiger partial charge in [-0.3, -0.25) is 4.79 Å². The van der Waals surface area contributed by atoms with Crippen LogP contribution in [0, 0.1) is 25.5 Å². The van der Waals surface area contributed by atoms with E-state index >= 15 is 0 Å². The van der Waals surface area contributed by atoms with Crippen LogP contribution in [-0.4, -0.2) is 22.9 Å². The van der Waals surface area contributed by atoms with Crippen LogP contribution in [0.15, 0.2) is 58.5 Å². The molecule has 27 heavy (non-hydrogen) atoms. The first-order chi connectivity index (χ1) is 12.6. The zero-order valence-electron chi connectivity index (χ0n) is 14.3. The summed E-state index contributed by atoms with van der Waals surface area (Å²) in [6, 6.07) is 7.12. The van der Waals surface area contributed by atoms with Crippen molar-refractivity contribution in [2.75, 3.05) is 0 Å². The molecule has 0 radical (unpaired) electrons. The highest BCUT2D eigenvalue weighted by Gasteiger charge is 2.25. The zero-order valence-corrected chi connectivity index (χ0v) is 15.1. The van der Waals surface area contributed by atoms with E-state index in [0.29, 0.717) is 14.1 Å². The van der Waals surface area contributed by atoms with Gasteiger partial charge in [0, 0.05) is 12.4 Å². The lowest BCUT2D eigenvalue weighted by molar-refractivity contribution is 0.0947. The van der Waals surface area contributed by atoms with E-state index < -0.39 is 38.8 Å². The average molecular weight is 392 g/mol. The smallest absolute Gasteiger partial charge is 0.268 e. The van der Waals surface area contributed by atoms with Crippen molar-refractivity contribution in [1.82, 2.24) is 8.54 Å². The molecule has 0 bridgehead atoms. The summed E-state index contributed by atoms with van der Waals surface area (Å²) in [6.07, 6.45) is 1.72. The number of rotatable bonds is 3. The van der Waals surface area contributed by atoms with Crippen LogP contribution in [0.5, 0.6) is 0 Å². The van der Waals surface area contributed by atoms with E-state index in [1.54, 1.807) is 19.9 Å². The number of aromatic nitrogens is 2. The van der Waals surface area contributed by atoms with Gasteiger partial charge in [0.25, 0.3) is 15.9 Å². The van der Waals surface area contributed by atoms with Gasteiger partial charge >= 0.3 is 5.69 Å². The number of hydrogen-bond donors (Lipinski definition) is 0. The molecule has 3 aromatic rings. The maximum absolute atomic E-state index is 13.8. The third-order valence-corrected chi connectivity index (χ3v) is 5.82. The molecule has 0 spiro atoms. The minimum Gasteiger partial charge on any atom is -0.268 e. The topological polar surface area (TPSA) is 78.1 Å². The van der Waals surface area contributed by atoms with Gasteiger partial charge in [-0.05, 0) is 49.2 Å². The Bertz CT molecular complexity index is 1210. The van der Waals surface area contributed by atoms with Crippen LogP contribution in [0.25, 0.3) is 0 Å². The molecule has 1 aromatic heterocycles. The number of aryl methyl sites for hydroxylation is 2. The van der Waals surface area contributed by atoms with Crippen molar-refractivity contribution in [3.63, 3.8) is 0 Å². The summed E-state index contributed by atoms with van der Waals surface area (Å²) in [5, 5.41) is 0. The van der Waals surface area contributed by atoms with Gasteiger partial charge in [0.15, 0.2) is 0 Å². The van der Waals surface area contributed by atoms with Crippen molar-refractivity contribution in [1.29, 1.82) is 0 Å². The Morgan fingerprint density at radius 3 is 2.19 bits per heavy atom. The van der Waals surface area contributed by atoms with E-state index in [4.69, 9.17) is 0 Å². The molecule has 6 nitrogen and oxygen atoms in total. The molecular formula is C18H14F2N2O4S. The van der Waals surface area contributed by atoms with Gasteiger partial charge in [0.1, 0.15) is 17.2 Å². The van der Waals surface area contributed by atoms with Crippen molar-refractivity contribution in [2.45, 2.75) is 18.7 Å². The second-order valence-corrected chi connectivity index (χ2v) is 7.71. The lowest BCUT2D eigenvalue weighted by atomic mass is 10.1. The lowest BCUT2D eigenvalue weighted by Gasteiger charge is -2.07. The minimum absolute atomic E-state index is 0.144. The van der Waals surface area contributed by atoms with Crippen LogP contribution in [0.1, 0.15) is 21.5 Å². The van der Waals surface area contributed by atoms with Gasteiger partial charge in [-0.1, -0.05) is 12.1 Å². The molecule has 0 amide bonds. The normalized spacial score (nSPS) is 11.6. The van der Waals surface area contributed by atoms with Gasteiger partial charge in [0.2, 0.25) is 0 Å². The first-order valence-electron chi connectivity index (χ1n) is 7.76. The maximum atomic E-state index is 13.8. The Labute approximate surface area is 153 Å². The monoisotopic (exact) mass is 392 g/mol. The fraction of sp³-hybridized carbons (Fsp3) is 0.111. The summed E-state index contributed by atoms with van der Waals surface area (Å²) < 4.78 is 53.7. The minimum atomic E-state index is -4.28. The second-order valence-electron chi connectivity index (χ2n) is 5.90. The SMILES string of the molecule is Cc1ccc(S(=O)(=O)n2ccn(C(=O)c3c(F)cccc3F)c2=O)cc1C. The van der Waals surface area contributed by atoms with E-state index in [1.165, 1.54) is 12.1 Å². The molecular weight excluding hydrogens is 378 g/mol. The predicted molar refractivity (Wildman–Crippen MR) is 93.3 cm³/mol. The molecule has 140 valence electrons. The first-order valence-corrected chi connectivity index (χ1v) is 9.20. The zero-order chi connectivity index (χ0) is 19.9. The number of halogens is 2. The van der Waals surface area contributed by atoms with Gasteiger partial charge < -0.3 is 0 Å². The van der Waals surface area contributed by atoms with Crippen molar-refractivity contribution >= 4 is 15.9 Å². The fourth-order valence-corrected chi connectivity index (χ4v) is 3.81. The van der Waals surface area contributed by atoms with Crippen LogP contribution in [0.3, 0.4) is 0 Å². The van der Waals surface area contributed by atoms with Crippen molar-refractivity contribution < 1.29 is 22.0 Å². The molecule has 0 aliphatic rings. The van der Waals surface area contributed by atoms with Crippen LogP contribution >= 0.6 is 0 Å². The highest BCUT2D eigenvalue weighted by molar-refractivity contribution is 7.90. The number of hydrogen-bond acceptors (Lipinski definition) is 4. The van der Waals surface area contributed by atoms with Crippen LogP contribution in [-0.2, 0) is 10.0 Å². The van der Waals surface area contributed by atoms with E-state index in [-0.39, 0.29) is 4.90 Å². The first kappa shape index (κ1) is 18.7. The molecule has 0 aliphatic carbocycles. The Hall–Kier alpha value is -3.07. The van der Waals surface area contributed by atoms with Crippen molar-refractivity contribution in [3.05, 3.63) is 87.6 Å². The summed E-state index contributed by atoms with van der Waals surface area (Å²) in [5.41, 5.74) is -0.626. The van der Waals surface area contributed by atoms with Crippen LogP contribution in [0.4, 0.5) is 8.78 Å². The van der Waals surface area contributed by atoms with Gasteiger partial charge in [0.05, 0.1) is 4.90 Å². The third kappa shape index (κ3) is 3.10. The standard InChI is InChI=1S/C18H14F2N2O4S/c1-11-6-7-13(10-12(11)2)27(25,26)22-9-8-21(18(22)24)17(23)16-14(19)4-3-5-15(16)20/h3-10H,1-2H3. The van der Waals surface area contributed by atoms with E-state index in [1.807, 2.05) is 0 Å². The number of nitrogens with zero attached hydrogens (tertiary/aromatic N) is 2. The maximum Gasteiger partial charge on any atom is 0.349 e. The van der Waals surface area contributed by atoms with Gasteiger partial charge in [-0.25, -0.2) is 26.6 Å². The quantitative estimate of drug-likeness (QED) is 0.686. The summed E-state index contributed by atoms with van der Waals surface area (Å²) in [6.45, 7) is 3.52. The molecule has 0 aliphatic heterocycles. The lowest BCUT2D eigenvalue weighted by Crippen LogP contribution is -2.33. The number of carbonyl (C=O) groups excluding carboxylic acids is 1. The average Bonchev–Trinajstić information content (AvgIpc) is 2.99. The molecule has 9 heteroatoms. The molecule has 0 fully saturated rings. The summed E-state index contributed by atoms with van der Waals surface area (Å²) in [5.74, 6) is -3.61.